The zero-order valence-corrected chi connectivity index (χ0v) is 15.0. The fraction of sp³-hybridized carbons (Fsp3) is 0.300. The number of ether oxygens (including phenoxy) is 2. The number of likely N-dealkylation sites (N-methyl/N-ethyl adjacent to an activating group) is 1. The Kier molecular flexibility index (Phi) is 3.17. The van der Waals surface area contributed by atoms with Gasteiger partial charge in [0.15, 0.2) is 0 Å². The number of nitrogens with zero attached hydrogens (tertiary/aromatic N) is 1. The van der Waals surface area contributed by atoms with E-state index in [0.29, 0.717) is 5.02 Å². The van der Waals surface area contributed by atoms with Gasteiger partial charge in [-0.25, -0.2) is 0 Å². The lowest BCUT2D eigenvalue weighted by atomic mass is 9.76. The third kappa shape index (κ3) is 1.85. The summed E-state index contributed by atoms with van der Waals surface area (Å²) in [6, 6.07) is 11.9. The third-order valence-corrected chi connectivity index (χ3v) is 5.59. The maximum absolute atomic E-state index is 6.56. The zero-order valence-electron chi connectivity index (χ0n) is 14.3. The van der Waals surface area contributed by atoms with E-state index in [0.717, 1.165) is 22.7 Å². The largest absolute Gasteiger partial charge is 0.497 e. The second-order valence-corrected chi connectivity index (χ2v) is 7.32. The molecule has 24 heavy (non-hydrogen) atoms. The molecule has 1 atom stereocenters. The number of hydrogen-bond donors (Lipinski definition) is 0. The summed E-state index contributed by atoms with van der Waals surface area (Å²) in [5.74, 6) is 1.71. The molecule has 2 aliphatic heterocycles. The predicted octanol–water partition coefficient (Wildman–Crippen LogP) is 4.88. The minimum atomic E-state index is -0.581. The van der Waals surface area contributed by atoms with Crippen molar-refractivity contribution in [2.45, 2.75) is 25.0 Å². The number of halogens is 1. The van der Waals surface area contributed by atoms with E-state index < -0.39 is 5.72 Å². The summed E-state index contributed by atoms with van der Waals surface area (Å²) in [5, 5.41) is 0.713. The van der Waals surface area contributed by atoms with Crippen molar-refractivity contribution < 1.29 is 9.47 Å². The fourth-order valence-corrected chi connectivity index (χ4v) is 4.07. The van der Waals surface area contributed by atoms with Gasteiger partial charge in [0.1, 0.15) is 11.5 Å². The molecule has 0 radical (unpaired) electrons. The Bertz CT molecular complexity index is 859. The number of rotatable bonds is 1. The van der Waals surface area contributed by atoms with Gasteiger partial charge in [-0.1, -0.05) is 11.6 Å². The van der Waals surface area contributed by atoms with Crippen molar-refractivity contribution >= 4 is 23.4 Å². The van der Waals surface area contributed by atoms with Crippen LogP contribution in [0.4, 0.5) is 5.69 Å². The van der Waals surface area contributed by atoms with Crippen LogP contribution in [0, 0.1) is 0 Å². The summed E-state index contributed by atoms with van der Waals surface area (Å²) >= 11 is 6.11. The van der Waals surface area contributed by atoms with Crippen LogP contribution in [0.5, 0.6) is 11.5 Å². The van der Waals surface area contributed by atoms with Crippen molar-refractivity contribution in [1.29, 1.82) is 0 Å². The molecule has 0 amide bonds. The number of benzene rings is 2. The minimum Gasteiger partial charge on any atom is -0.497 e. The van der Waals surface area contributed by atoms with Crippen molar-refractivity contribution in [3.63, 3.8) is 0 Å². The lowest BCUT2D eigenvalue weighted by Gasteiger charge is -2.45. The molecular formula is C20H20ClNO2. The highest BCUT2D eigenvalue weighted by Gasteiger charge is 2.57. The van der Waals surface area contributed by atoms with Crippen LogP contribution in [0.25, 0.3) is 6.08 Å². The first-order valence-corrected chi connectivity index (χ1v) is 8.37. The van der Waals surface area contributed by atoms with E-state index in [1.807, 2.05) is 24.3 Å². The molecule has 0 bridgehead atoms. The highest BCUT2D eigenvalue weighted by molar-refractivity contribution is 6.30. The van der Waals surface area contributed by atoms with Crippen molar-refractivity contribution in [2.75, 3.05) is 19.1 Å². The summed E-state index contributed by atoms with van der Waals surface area (Å²) in [6.45, 7) is 4.42. The molecule has 2 aromatic rings. The quantitative estimate of drug-likeness (QED) is 0.738. The van der Waals surface area contributed by atoms with Crippen molar-refractivity contribution in [3.8, 4) is 11.5 Å². The highest BCUT2D eigenvalue weighted by Crippen LogP contribution is 2.54. The summed E-state index contributed by atoms with van der Waals surface area (Å²) in [7, 11) is 3.77. The van der Waals surface area contributed by atoms with Crippen molar-refractivity contribution in [1.82, 2.24) is 0 Å². The van der Waals surface area contributed by atoms with Gasteiger partial charge in [-0.2, -0.15) is 0 Å². The second kappa shape index (κ2) is 4.93. The summed E-state index contributed by atoms with van der Waals surface area (Å²) < 4.78 is 12.0. The van der Waals surface area contributed by atoms with E-state index >= 15 is 0 Å². The smallest absolute Gasteiger partial charge is 0.211 e. The Balaban J connectivity index is 1.87. The number of fused-ring (bicyclic) bond motifs is 2. The fourth-order valence-electron chi connectivity index (χ4n) is 3.89. The Morgan fingerprint density at radius 3 is 2.67 bits per heavy atom. The molecule has 0 fully saturated rings. The van der Waals surface area contributed by atoms with Crippen LogP contribution in [0.3, 0.4) is 0 Å². The molecule has 124 valence electrons. The van der Waals surface area contributed by atoms with E-state index in [9.17, 15) is 0 Å². The lowest BCUT2D eigenvalue weighted by Crippen LogP contribution is -2.58. The molecule has 3 nitrogen and oxygen atoms in total. The molecule has 1 spiro atoms. The van der Waals surface area contributed by atoms with Crippen LogP contribution in [0.1, 0.15) is 25.0 Å². The van der Waals surface area contributed by atoms with Gasteiger partial charge in [0, 0.05) is 23.3 Å². The van der Waals surface area contributed by atoms with Crippen LogP contribution in [0.15, 0.2) is 42.5 Å². The monoisotopic (exact) mass is 341 g/mol. The maximum Gasteiger partial charge on any atom is 0.211 e. The Hall–Kier alpha value is -2.13. The standard InChI is InChI=1S/C20H20ClNO2/c1-19(2)16-12-15(23-4)6-7-17(16)22(3)20(19)10-9-13-11-14(21)5-8-18(13)24-20/h5-12H,1-4H3. The summed E-state index contributed by atoms with van der Waals surface area (Å²) in [5.41, 5.74) is 2.54. The topological polar surface area (TPSA) is 21.7 Å². The van der Waals surface area contributed by atoms with E-state index in [4.69, 9.17) is 21.1 Å². The molecule has 4 rings (SSSR count). The normalized spacial score (nSPS) is 23.0. The average molecular weight is 342 g/mol. The minimum absolute atomic E-state index is 0.251. The van der Waals surface area contributed by atoms with E-state index in [2.05, 4.69) is 50.1 Å². The molecule has 2 aromatic carbocycles. The van der Waals surface area contributed by atoms with Crippen LogP contribution >= 0.6 is 11.6 Å². The van der Waals surface area contributed by atoms with E-state index in [-0.39, 0.29) is 5.41 Å². The first kappa shape index (κ1) is 15.4. The molecule has 2 aliphatic rings. The van der Waals surface area contributed by atoms with Crippen LogP contribution in [-0.2, 0) is 5.41 Å². The predicted molar refractivity (Wildman–Crippen MR) is 98.3 cm³/mol. The van der Waals surface area contributed by atoms with Gasteiger partial charge in [0.2, 0.25) is 5.72 Å². The molecule has 4 heteroatoms. The maximum atomic E-state index is 6.56. The molecule has 0 saturated carbocycles. The number of hydrogen-bond acceptors (Lipinski definition) is 3. The number of anilines is 1. The van der Waals surface area contributed by atoms with Crippen LogP contribution < -0.4 is 14.4 Å². The van der Waals surface area contributed by atoms with Crippen LogP contribution in [0.2, 0.25) is 5.02 Å². The first-order valence-electron chi connectivity index (χ1n) is 7.99. The Morgan fingerprint density at radius 2 is 1.92 bits per heavy atom. The van der Waals surface area contributed by atoms with Crippen molar-refractivity contribution in [2.24, 2.45) is 0 Å². The molecular weight excluding hydrogens is 322 g/mol. The van der Waals surface area contributed by atoms with Gasteiger partial charge in [-0.3, -0.25) is 0 Å². The molecule has 0 aliphatic carbocycles. The average Bonchev–Trinajstić information content (AvgIpc) is 2.73. The van der Waals surface area contributed by atoms with E-state index in [1.165, 1.54) is 5.56 Å². The molecule has 1 unspecified atom stereocenters. The van der Waals surface area contributed by atoms with Gasteiger partial charge in [-0.05, 0) is 68.0 Å². The zero-order chi connectivity index (χ0) is 17.1. The molecule has 0 N–H and O–H groups in total. The Labute approximate surface area is 147 Å². The van der Waals surface area contributed by atoms with Gasteiger partial charge < -0.3 is 14.4 Å². The van der Waals surface area contributed by atoms with Gasteiger partial charge >= 0.3 is 0 Å². The summed E-state index contributed by atoms with van der Waals surface area (Å²) in [4.78, 5) is 2.20. The summed E-state index contributed by atoms with van der Waals surface area (Å²) in [6.07, 6.45) is 4.24. The Morgan fingerprint density at radius 1 is 1.12 bits per heavy atom. The van der Waals surface area contributed by atoms with Gasteiger partial charge in [0.05, 0.1) is 12.5 Å². The van der Waals surface area contributed by atoms with Crippen molar-refractivity contribution in [3.05, 3.63) is 58.6 Å². The van der Waals surface area contributed by atoms with E-state index in [1.54, 1.807) is 7.11 Å². The third-order valence-electron chi connectivity index (χ3n) is 5.36. The lowest BCUT2D eigenvalue weighted by molar-refractivity contribution is 0.0581. The van der Waals surface area contributed by atoms with Crippen LogP contribution in [-0.4, -0.2) is 19.9 Å². The SMILES string of the molecule is COc1ccc2c(c1)C(C)(C)C1(C=Cc3cc(Cl)ccc3O1)N2C. The second-order valence-electron chi connectivity index (χ2n) is 6.88. The molecule has 2 heterocycles. The highest BCUT2D eigenvalue weighted by atomic mass is 35.5. The molecule has 0 saturated heterocycles. The van der Waals surface area contributed by atoms with Gasteiger partial charge in [-0.15, -0.1) is 0 Å². The number of methoxy groups -OCH3 is 1. The van der Waals surface area contributed by atoms with Gasteiger partial charge in [0.25, 0.3) is 0 Å². The first-order chi connectivity index (χ1) is 11.4. The molecule has 0 aromatic heterocycles.